The highest BCUT2D eigenvalue weighted by molar-refractivity contribution is 5.26. The Morgan fingerprint density at radius 3 is 3.08 bits per heavy atom. The molecule has 1 atom stereocenters. The highest BCUT2D eigenvalue weighted by atomic mass is 15.3. The Hall–Kier alpha value is -1.49. The average molecular weight is 163 g/mol. The van der Waals surface area contributed by atoms with E-state index in [1.807, 2.05) is 19.2 Å². The summed E-state index contributed by atoms with van der Waals surface area (Å²) in [6.45, 7) is 1.86. The lowest BCUT2D eigenvalue weighted by atomic mass is 10.3. The van der Waals surface area contributed by atoms with Gasteiger partial charge in [0, 0.05) is 12.4 Å². The number of nitrogens with two attached hydrogens (primary N) is 1. The summed E-state index contributed by atoms with van der Waals surface area (Å²) in [5.74, 6) is 1.32. The molecule has 2 aromatic rings. The highest BCUT2D eigenvalue weighted by Gasteiger charge is 2.08. The minimum Gasteiger partial charge on any atom is -0.322 e. The molecule has 0 aliphatic rings. The number of hydrogen-bond acceptors (Lipinski definition) is 4. The van der Waals surface area contributed by atoms with E-state index in [1.54, 1.807) is 10.6 Å². The molecule has 0 radical (unpaired) electrons. The van der Waals surface area contributed by atoms with Gasteiger partial charge in [0.2, 0.25) is 0 Å². The Kier molecular flexibility index (Phi) is 1.51. The van der Waals surface area contributed by atoms with Crippen LogP contribution in [-0.2, 0) is 0 Å². The van der Waals surface area contributed by atoms with Crippen LogP contribution < -0.4 is 5.73 Å². The molecule has 0 fully saturated rings. The Labute approximate surface area is 69.2 Å². The van der Waals surface area contributed by atoms with E-state index >= 15 is 0 Å². The van der Waals surface area contributed by atoms with Gasteiger partial charge in [0.15, 0.2) is 5.82 Å². The summed E-state index contributed by atoms with van der Waals surface area (Å²) in [4.78, 5) is 4.02. The van der Waals surface area contributed by atoms with E-state index in [4.69, 9.17) is 5.73 Å². The normalized spacial score (nSPS) is 13.5. The summed E-state index contributed by atoms with van der Waals surface area (Å²) in [5.41, 5.74) is 5.67. The first kappa shape index (κ1) is 7.17. The lowest BCUT2D eigenvalue weighted by molar-refractivity contribution is 0.725. The van der Waals surface area contributed by atoms with Crippen LogP contribution in [0.15, 0.2) is 18.5 Å². The van der Waals surface area contributed by atoms with Crippen molar-refractivity contribution in [1.82, 2.24) is 19.6 Å². The van der Waals surface area contributed by atoms with Crippen molar-refractivity contribution < 1.29 is 0 Å². The molecule has 0 bridgehead atoms. The van der Waals surface area contributed by atoms with Crippen LogP contribution in [0.2, 0.25) is 0 Å². The molecule has 2 aromatic heterocycles. The van der Waals surface area contributed by atoms with Crippen molar-refractivity contribution in [2.24, 2.45) is 5.73 Å². The number of hydrogen-bond donors (Lipinski definition) is 1. The fraction of sp³-hybridized carbons (Fsp3) is 0.286. The highest BCUT2D eigenvalue weighted by Crippen LogP contribution is 2.06. The Balaban J connectivity index is 2.70. The molecule has 12 heavy (non-hydrogen) atoms. The molecule has 2 rings (SSSR count). The van der Waals surface area contributed by atoms with E-state index in [-0.39, 0.29) is 6.04 Å². The summed E-state index contributed by atoms with van der Waals surface area (Å²) in [6, 6.07) is 1.70. The fourth-order valence-electron chi connectivity index (χ4n) is 1.07. The van der Waals surface area contributed by atoms with Crippen LogP contribution in [0, 0.1) is 0 Å². The second-order valence-electron chi connectivity index (χ2n) is 2.64. The number of nitrogens with zero attached hydrogens (tertiary/aromatic N) is 4. The molecule has 0 spiro atoms. The molecule has 5 heteroatoms. The summed E-state index contributed by atoms with van der Waals surface area (Å²) < 4.78 is 1.78. The summed E-state index contributed by atoms with van der Waals surface area (Å²) in [5, 5.41) is 7.78. The number of rotatable bonds is 1. The Morgan fingerprint density at radius 2 is 2.33 bits per heavy atom. The van der Waals surface area contributed by atoms with E-state index in [1.165, 1.54) is 0 Å². The zero-order valence-corrected chi connectivity index (χ0v) is 6.68. The monoisotopic (exact) mass is 163 g/mol. The van der Waals surface area contributed by atoms with Gasteiger partial charge in [-0.05, 0) is 13.0 Å². The molecule has 0 amide bonds. The molecular weight excluding hydrogens is 154 g/mol. The van der Waals surface area contributed by atoms with Crippen LogP contribution in [0.3, 0.4) is 0 Å². The molecule has 2 heterocycles. The van der Waals surface area contributed by atoms with Gasteiger partial charge in [0.1, 0.15) is 0 Å². The Bertz CT molecular complexity index is 391. The minimum absolute atomic E-state index is 0.121. The third-order valence-corrected chi connectivity index (χ3v) is 1.62. The van der Waals surface area contributed by atoms with Crippen LogP contribution in [0.5, 0.6) is 0 Å². The van der Waals surface area contributed by atoms with Crippen molar-refractivity contribution >= 4 is 5.78 Å². The predicted molar refractivity (Wildman–Crippen MR) is 43.4 cm³/mol. The van der Waals surface area contributed by atoms with E-state index < -0.39 is 0 Å². The first-order valence-electron chi connectivity index (χ1n) is 3.70. The number of fused-ring (bicyclic) bond motifs is 1. The van der Waals surface area contributed by atoms with Crippen LogP contribution in [0.1, 0.15) is 18.8 Å². The van der Waals surface area contributed by atoms with Crippen molar-refractivity contribution in [2.75, 3.05) is 0 Å². The second-order valence-corrected chi connectivity index (χ2v) is 2.64. The van der Waals surface area contributed by atoms with Gasteiger partial charge < -0.3 is 5.73 Å². The maximum atomic E-state index is 5.67. The second kappa shape index (κ2) is 2.53. The first-order chi connectivity index (χ1) is 5.79. The van der Waals surface area contributed by atoms with Crippen molar-refractivity contribution in [1.29, 1.82) is 0 Å². The molecule has 0 saturated carbocycles. The van der Waals surface area contributed by atoms with Crippen LogP contribution in [0.25, 0.3) is 5.78 Å². The molecule has 62 valence electrons. The smallest absolute Gasteiger partial charge is 0.254 e. The first-order valence-corrected chi connectivity index (χ1v) is 3.70. The van der Waals surface area contributed by atoms with E-state index in [0.717, 1.165) is 5.82 Å². The topological polar surface area (TPSA) is 69.1 Å². The standard InChI is InChI=1S/C7H9N5/c1-5(8)6-10-11-7-9-3-2-4-12(6)7/h2-5H,8H2,1H3/t5-/m1/s1. The van der Waals surface area contributed by atoms with Crippen molar-refractivity contribution in [3.63, 3.8) is 0 Å². The van der Waals surface area contributed by atoms with Crippen LogP contribution >= 0.6 is 0 Å². The molecule has 0 aliphatic carbocycles. The van der Waals surface area contributed by atoms with Gasteiger partial charge in [0.25, 0.3) is 5.78 Å². The lowest BCUT2D eigenvalue weighted by Gasteiger charge is -2.00. The SMILES string of the molecule is C[C@@H](N)c1nnc2ncccn12. The van der Waals surface area contributed by atoms with Gasteiger partial charge in [-0.3, -0.25) is 4.40 Å². The summed E-state index contributed by atoms with van der Waals surface area (Å²) in [7, 11) is 0. The molecule has 0 aliphatic heterocycles. The zero-order valence-electron chi connectivity index (χ0n) is 6.68. The molecule has 5 nitrogen and oxygen atoms in total. The lowest BCUT2D eigenvalue weighted by Crippen LogP contribution is -2.09. The molecule has 0 saturated heterocycles. The largest absolute Gasteiger partial charge is 0.322 e. The van der Waals surface area contributed by atoms with E-state index in [0.29, 0.717) is 5.78 Å². The maximum absolute atomic E-state index is 5.67. The maximum Gasteiger partial charge on any atom is 0.254 e. The van der Waals surface area contributed by atoms with Gasteiger partial charge in [0.05, 0.1) is 6.04 Å². The van der Waals surface area contributed by atoms with Crippen molar-refractivity contribution in [2.45, 2.75) is 13.0 Å². The molecule has 0 aromatic carbocycles. The quantitative estimate of drug-likeness (QED) is 0.649. The van der Waals surface area contributed by atoms with Crippen molar-refractivity contribution in [3.05, 3.63) is 24.3 Å². The van der Waals surface area contributed by atoms with Gasteiger partial charge >= 0.3 is 0 Å². The summed E-state index contributed by atoms with van der Waals surface area (Å²) in [6.07, 6.45) is 3.52. The molecule has 2 N–H and O–H groups in total. The van der Waals surface area contributed by atoms with Gasteiger partial charge in [-0.1, -0.05) is 0 Å². The van der Waals surface area contributed by atoms with Gasteiger partial charge in [-0.2, -0.15) is 0 Å². The van der Waals surface area contributed by atoms with Crippen molar-refractivity contribution in [3.8, 4) is 0 Å². The Morgan fingerprint density at radius 1 is 1.50 bits per heavy atom. The zero-order chi connectivity index (χ0) is 8.55. The third-order valence-electron chi connectivity index (χ3n) is 1.62. The molecular formula is C7H9N5. The average Bonchev–Trinajstić information content (AvgIpc) is 2.47. The number of aromatic nitrogens is 4. The van der Waals surface area contributed by atoms with Crippen LogP contribution in [0.4, 0.5) is 0 Å². The fourth-order valence-corrected chi connectivity index (χ4v) is 1.07. The summed E-state index contributed by atoms with van der Waals surface area (Å²) >= 11 is 0. The van der Waals surface area contributed by atoms with Gasteiger partial charge in [-0.25, -0.2) is 4.98 Å². The third kappa shape index (κ3) is 0.947. The van der Waals surface area contributed by atoms with Crippen LogP contribution in [-0.4, -0.2) is 19.6 Å². The molecule has 0 unspecified atom stereocenters. The van der Waals surface area contributed by atoms with E-state index in [9.17, 15) is 0 Å². The van der Waals surface area contributed by atoms with Gasteiger partial charge in [-0.15, -0.1) is 10.2 Å². The predicted octanol–water partition coefficient (Wildman–Crippen LogP) is 0.144. The van der Waals surface area contributed by atoms with E-state index in [2.05, 4.69) is 15.2 Å². The minimum atomic E-state index is -0.121.